The Bertz CT molecular complexity index is 754. The highest BCUT2D eigenvalue weighted by Gasteiger charge is 2.25. The zero-order chi connectivity index (χ0) is 16.3. The molecule has 0 saturated carbocycles. The fourth-order valence-corrected chi connectivity index (χ4v) is 3.63. The number of aromatic nitrogens is 1. The average molecular weight is 332 g/mol. The van der Waals surface area contributed by atoms with Crippen LogP contribution in [0.2, 0.25) is 0 Å². The minimum Gasteiger partial charge on any atom is -0.490 e. The molecule has 1 aliphatic rings. The van der Waals surface area contributed by atoms with E-state index in [1.807, 2.05) is 42.6 Å². The maximum absolute atomic E-state index is 11.5. The van der Waals surface area contributed by atoms with E-state index < -0.39 is 10.0 Å². The van der Waals surface area contributed by atoms with Gasteiger partial charge in [-0.25, -0.2) is 12.7 Å². The second-order valence-corrected chi connectivity index (χ2v) is 7.73. The van der Waals surface area contributed by atoms with Gasteiger partial charge in [0.2, 0.25) is 10.0 Å². The van der Waals surface area contributed by atoms with Crippen LogP contribution in [0.15, 0.2) is 48.8 Å². The highest BCUT2D eigenvalue weighted by molar-refractivity contribution is 7.88. The minimum absolute atomic E-state index is 0.0529. The van der Waals surface area contributed by atoms with Crippen LogP contribution in [0.4, 0.5) is 0 Å². The van der Waals surface area contributed by atoms with E-state index in [4.69, 9.17) is 4.74 Å². The summed E-state index contributed by atoms with van der Waals surface area (Å²) in [5.74, 6) is 0.809. The largest absolute Gasteiger partial charge is 0.490 e. The first-order valence-electron chi connectivity index (χ1n) is 7.64. The molecule has 2 aromatic rings. The second-order valence-electron chi connectivity index (χ2n) is 5.75. The molecule has 122 valence electrons. The predicted molar refractivity (Wildman–Crippen MR) is 89.7 cm³/mol. The Hall–Kier alpha value is -1.92. The second kappa shape index (κ2) is 6.68. The van der Waals surface area contributed by atoms with E-state index in [0.717, 1.165) is 16.9 Å². The number of benzene rings is 1. The fraction of sp³-hybridized carbons (Fsp3) is 0.353. The van der Waals surface area contributed by atoms with Crippen molar-refractivity contribution >= 4 is 10.0 Å². The molecule has 5 nitrogen and oxygen atoms in total. The summed E-state index contributed by atoms with van der Waals surface area (Å²) in [5.41, 5.74) is 2.11. The molecule has 0 spiro atoms. The van der Waals surface area contributed by atoms with Crippen molar-refractivity contribution in [1.29, 1.82) is 0 Å². The lowest BCUT2D eigenvalue weighted by Crippen LogP contribution is -2.41. The van der Waals surface area contributed by atoms with E-state index in [2.05, 4.69) is 4.98 Å². The van der Waals surface area contributed by atoms with Crippen molar-refractivity contribution in [2.75, 3.05) is 19.3 Å². The molecule has 0 aliphatic carbocycles. The summed E-state index contributed by atoms with van der Waals surface area (Å²) < 4.78 is 30.6. The maximum atomic E-state index is 11.5. The molecule has 1 aromatic carbocycles. The topological polar surface area (TPSA) is 59.5 Å². The molecule has 1 saturated heterocycles. The van der Waals surface area contributed by atoms with Crippen molar-refractivity contribution < 1.29 is 13.2 Å². The van der Waals surface area contributed by atoms with E-state index in [9.17, 15) is 8.42 Å². The third kappa shape index (κ3) is 4.09. The van der Waals surface area contributed by atoms with Gasteiger partial charge in [0.1, 0.15) is 11.9 Å². The Labute approximate surface area is 137 Å². The van der Waals surface area contributed by atoms with Gasteiger partial charge >= 0.3 is 0 Å². The predicted octanol–water partition coefficient (Wildman–Crippen LogP) is 2.55. The lowest BCUT2D eigenvalue weighted by atomic mass is 10.1. The molecule has 0 atom stereocenters. The summed E-state index contributed by atoms with van der Waals surface area (Å²) in [6.07, 6.45) is 6.31. The summed E-state index contributed by atoms with van der Waals surface area (Å²) >= 11 is 0. The smallest absolute Gasteiger partial charge is 0.211 e. The van der Waals surface area contributed by atoms with Crippen LogP contribution in [-0.4, -0.2) is 43.2 Å². The molecule has 1 fully saturated rings. The Morgan fingerprint density at radius 2 is 1.87 bits per heavy atom. The molecule has 0 bridgehead atoms. The van der Waals surface area contributed by atoms with Gasteiger partial charge in [0.25, 0.3) is 0 Å². The van der Waals surface area contributed by atoms with Gasteiger partial charge in [-0.15, -0.1) is 0 Å². The third-order valence-corrected chi connectivity index (χ3v) is 5.30. The molecule has 2 heterocycles. The van der Waals surface area contributed by atoms with Crippen LogP contribution in [0.1, 0.15) is 12.8 Å². The van der Waals surface area contributed by atoms with Crippen molar-refractivity contribution in [1.82, 2.24) is 9.29 Å². The molecule has 0 N–H and O–H groups in total. The summed E-state index contributed by atoms with van der Waals surface area (Å²) in [4.78, 5) is 4.13. The number of nitrogens with zero attached hydrogens (tertiary/aromatic N) is 2. The minimum atomic E-state index is -3.09. The van der Waals surface area contributed by atoms with Gasteiger partial charge in [-0.2, -0.15) is 0 Å². The lowest BCUT2D eigenvalue weighted by molar-refractivity contribution is 0.135. The Morgan fingerprint density at radius 3 is 2.52 bits per heavy atom. The van der Waals surface area contributed by atoms with E-state index in [-0.39, 0.29) is 6.10 Å². The van der Waals surface area contributed by atoms with Crippen molar-refractivity contribution in [3.8, 4) is 16.9 Å². The van der Waals surface area contributed by atoms with E-state index in [0.29, 0.717) is 25.9 Å². The van der Waals surface area contributed by atoms with Crippen LogP contribution in [0.5, 0.6) is 5.75 Å². The van der Waals surface area contributed by atoms with Gasteiger partial charge < -0.3 is 4.74 Å². The Balaban J connectivity index is 1.66. The molecular formula is C17H20N2O3S. The number of sulfonamides is 1. The number of rotatable bonds is 4. The SMILES string of the molecule is CS(=O)(=O)N1CCC(Oc2cccc(-c3cccnc3)c2)CC1. The summed E-state index contributed by atoms with van der Waals surface area (Å²) in [5, 5.41) is 0. The van der Waals surface area contributed by atoms with Crippen molar-refractivity contribution in [2.24, 2.45) is 0 Å². The standard InChI is InChI=1S/C17H20N2O3S/c1-23(20,21)19-10-7-16(8-11-19)22-17-6-2-4-14(12-17)15-5-3-9-18-13-15/h2-6,9,12-13,16H,7-8,10-11H2,1H3. The Kier molecular flexibility index (Phi) is 4.63. The first-order valence-corrected chi connectivity index (χ1v) is 9.49. The molecule has 0 unspecified atom stereocenters. The zero-order valence-electron chi connectivity index (χ0n) is 13.1. The summed E-state index contributed by atoms with van der Waals surface area (Å²) in [7, 11) is -3.09. The maximum Gasteiger partial charge on any atom is 0.211 e. The molecule has 1 aliphatic heterocycles. The third-order valence-electron chi connectivity index (χ3n) is 4.00. The molecule has 23 heavy (non-hydrogen) atoms. The van der Waals surface area contributed by atoms with Gasteiger partial charge in [0, 0.05) is 31.0 Å². The fourth-order valence-electron chi connectivity index (χ4n) is 2.76. The van der Waals surface area contributed by atoms with Gasteiger partial charge in [0.05, 0.1) is 6.26 Å². The number of hydrogen-bond acceptors (Lipinski definition) is 4. The Morgan fingerprint density at radius 1 is 1.13 bits per heavy atom. The summed E-state index contributed by atoms with van der Waals surface area (Å²) in [6, 6.07) is 11.8. The van der Waals surface area contributed by atoms with Crippen LogP contribution >= 0.6 is 0 Å². The lowest BCUT2D eigenvalue weighted by Gasteiger charge is -2.30. The first-order chi connectivity index (χ1) is 11.0. The van der Waals surface area contributed by atoms with Crippen LogP contribution in [-0.2, 0) is 10.0 Å². The van der Waals surface area contributed by atoms with Crippen LogP contribution in [0, 0.1) is 0 Å². The van der Waals surface area contributed by atoms with Crippen molar-refractivity contribution in [2.45, 2.75) is 18.9 Å². The van der Waals surface area contributed by atoms with Crippen molar-refractivity contribution in [3.05, 3.63) is 48.8 Å². The molecule has 1 aromatic heterocycles. The summed E-state index contributed by atoms with van der Waals surface area (Å²) in [6.45, 7) is 1.04. The zero-order valence-corrected chi connectivity index (χ0v) is 13.9. The van der Waals surface area contributed by atoms with Crippen molar-refractivity contribution in [3.63, 3.8) is 0 Å². The van der Waals surface area contributed by atoms with Gasteiger partial charge in [-0.3, -0.25) is 4.98 Å². The normalized spacial score (nSPS) is 17.1. The monoisotopic (exact) mass is 332 g/mol. The number of piperidine rings is 1. The quantitative estimate of drug-likeness (QED) is 0.863. The number of pyridine rings is 1. The van der Waals surface area contributed by atoms with Crippen LogP contribution < -0.4 is 4.74 Å². The first kappa shape index (κ1) is 16.0. The molecule has 0 radical (unpaired) electrons. The highest BCUT2D eigenvalue weighted by atomic mass is 32.2. The van der Waals surface area contributed by atoms with E-state index >= 15 is 0 Å². The molecule has 6 heteroatoms. The average Bonchev–Trinajstić information content (AvgIpc) is 2.56. The van der Waals surface area contributed by atoms with Gasteiger partial charge in [-0.1, -0.05) is 18.2 Å². The highest BCUT2D eigenvalue weighted by Crippen LogP contribution is 2.25. The molecule has 3 rings (SSSR count). The van der Waals surface area contributed by atoms with Crippen LogP contribution in [0.25, 0.3) is 11.1 Å². The van der Waals surface area contributed by atoms with Crippen LogP contribution in [0.3, 0.4) is 0 Å². The van der Waals surface area contributed by atoms with E-state index in [1.165, 1.54) is 10.6 Å². The number of ether oxygens (including phenoxy) is 1. The molecule has 0 amide bonds. The number of hydrogen-bond donors (Lipinski definition) is 0. The van der Waals surface area contributed by atoms with Gasteiger partial charge in [-0.05, 0) is 36.6 Å². The van der Waals surface area contributed by atoms with E-state index in [1.54, 1.807) is 6.20 Å². The molecular weight excluding hydrogens is 312 g/mol. The van der Waals surface area contributed by atoms with Gasteiger partial charge in [0.15, 0.2) is 0 Å².